The zero-order valence-corrected chi connectivity index (χ0v) is 18.2. The van der Waals surface area contributed by atoms with Crippen molar-refractivity contribution in [3.8, 4) is 0 Å². The molecule has 3 rings (SSSR count). The predicted molar refractivity (Wildman–Crippen MR) is 122 cm³/mol. The summed E-state index contributed by atoms with van der Waals surface area (Å²) in [6.07, 6.45) is 7.87. The van der Waals surface area contributed by atoms with Gasteiger partial charge < -0.3 is 21.5 Å². The van der Waals surface area contributed by atoms with Crippen LogP contribution >= 0.6 is 23.8 Å². The molecule has 9 heteroatoms. The molecule has 30 heavy (non-hydrogen) atoms. The van der Waals surface area contributed by atoms with Gasteiger partial charge in [0, 0.05) is 31.3 Å². The number of likely N-dealkylation sites (tertiary alicyclic amines) is 1. The number of nitrogens with two attached hydrogens (primary N) is 1. The Labute approximate surface area is 185 Å². The van der Waals surface area contributed by atoms with Crippen molar-refractivity contribution in [2.24, 2.45) is 5.73 Å². The number of para-hydroxylation sites is 1. The Kier molecular flexibility index (Phi) is 6.62. The Morgan fingerprint density at radius 3 is 2.53 bits per heavy atom. The molecule has 1 aromatic carbocycles. The predicted octanol–water partition coefficient (Wildman–Crippen LogP) is 2.75. The summed E-state index contributed by atoms with van der Waals surface area (Å²) in [5, 5.41) is 16.9. The molecule has 1 aromatic rings. The molecule has 2 atom stereocenters. The van der Waals surface area contributed by atoms with E-state index < -0.39 is 16.6 Å². The van der Waals surface area contributed by atoms with Crippen molar-refractivity contribution >= 4 is 52.0 Å². The summed E-state index contributed by atoms with van der Waals surface area (Å²) in [5.41, 5.74) is 5.56. The fourth-order valence-electron chi connectivity index (χ4n) is 3.90. The quantitative estimate of drug-likeness (QED) is 0.418. The van der Waals surface area contributed by atoms with Crippen LogP contribution < -0.4 is 16.4 Å². The van der Waals surface area contributed by atoms with Crippen LogP contribution in [-0.2, 0) is 4.79 Å². The number of urea groups is 1. The van der Waals surface area contributed by atoms with Gasteiger partial charge in [-0.15, -0.1) is 11.6 Å². The van der Waals surface area contributed by atoms with Crippen LogP contribution in [0.4, 0.5) is 10.5 Å². The number of halogens is 1. The molecule has 0 aromatic heterocycles. The van der Waals surface area contributed by atoms with E-state index in [1.54, 1.807) is 30.4 Å². The van der Waals surface area contributed by atoms with Crippen molar-refractivity contribution in [2.75, 3.05) is 18.4 Å². The molecule has 2 unspecified atom stereocenters. The van der Waals surface area contributed by atoms with Crippen LogP contribution in [0.3, 0.4) is 0 Å². The number of carbonyl (C=O) groups is 2. The third-order valence-electron chi connectivity index (χ3n) is 5.34. The SMILES string of the molecule is CC(=O)Nc1ccccc1C1=CC(Cl)(C(=S)NC(N)=O)C(O)(N2CCCCC2)C=C1. The van der Waals surface area contributed by atoms with Gasteiger partial charge in [-0.2, -0.15) is 0 Å². The molecule has 5 N–H and O–H groups in total. The summed E-state index contributed by atoms with van der Waals surface area (Å²) in [7, 11) is 0. The highest BCUT2D eigenvalue weighted by Crippen LogP contribution is 2.44. The van der Waals surface area contributed by atoms with E-state index in [0.717, 1.165) is 19.3 Å². The summed E-state index contributed by atoms with van der Waals surface area (Å²) in [5.74, 6) is -0.212. The highest BCUT2D eigenvalue weighted by atomic mass is 35.5. The van der Waals surface area contributed by atoms with Gasteiger partial charge in [-0.3, -0.25) is 9.69 Å². The standard InChI is InChI=1S/C21H25ClN4O3S/c1-14(27)24-17-8-4-3-7-16(17)15-9-10-21(29,26-11-5-2-6-12-26)20(22,13-15)18(30)25-19(23)28/h3-4,7-10,13,29H,2,5-6,11-12H2,1H3,(H,24,27)(H3,23,25,28,30). The minimum absolute atomic E-state index is 0.0939. The number of hydrogen-bond donors (Lipinski definition) is 4. The summed E-state index contributed by atoms with van der Waals surface area (Å²) in [4.78, 5) is 23.2. The normalized spacial score (nSPS) is 26.6. The fraction of sp³-hybridized carbons (Fsp3) is 0.381. The number of thiocarbonyl (C=S) groups is 1. The summed E-state index contributed by atoms with van der Waals surface area (Å²) < 4.78 is 0. The van der Waals surface area contributed by atoms with Crippen molar-refractivity contribution < 1.29 is 14.7 Å². The summed E-state index contributed by atoms with van der Waals surface area (Å²) >= 11 is 12.4. The van der Waals surface area contributed by atoms with E-state index in [2.05, 4.69) is 10.6 Å². The molecule has 1 fully saturated rings. The Hall–Kier alpha value is -2.26. The zero-order valence-electron chi connectivity index (χ0n) is 16.7. The number of alkyl halides is 1. The number of hydrogen-bond acceptors (Lipinski definition) is 5. The van der Waals surface area contributed by atoms with E-state index in [0.29, 0.717) is 29.9 Å². The third-order valence-corrected chi connectivity index (χ3v) is 6.45. The van der Waals surface area contributed by atoms with Gasteiger partial charge in [-0.05, 0) is 36.6 Å². The number of anilines is 1. The average Bonchev–Trinajstić information content (AvgIpc) is 2.70. The number of rotatable bonds is 4. The molecule has 160 valence electrons. The van der Waals surface area contributed by atoms with Gasteiger partial charge in [0.05, 0.1) is 0 Å². The maximum Gasteiger partial charge on any atom is 0.317 e. The molecular formula is C21H25ClN4O3S. The molecule has 0 spiro atoms. The topological polar surface area (TPSA) is 108 Å². The number of allylic oxidation sites excluding steroid dienone is 2. The molecule has 1 aliphatic heterocycles. The summed E-state index contributed by atoms with van der Waals surface area (Å²) in [6, 6.07) is 6.38. The fourth-order valence-corrected chi connectivity index (χ4v) is 4.56. The van der Waals surface area contributed by atoms with Crippen LogP contribution in [0.25, 0.3) is 5.57 Å². The molecule has 2 aliphatic rings. The first-order chi connectivity index (χ1) is 14.2. The number of piperidine rings is 1. The van der Waals surface area contributed by atoms with Crippen LogP contribution in [-0.4, -0.2) is 50.6 Å². The van der Waals surface area contributed by atoms with Crippen molar-refractivity contribution in [3.05, 3.63) is 48.1 Å². The third kappa shape index (κ3) is 4.27. The van der Waals surface area contributed by atoms with Gasteiger partial charge in [0.15, 0.2) is 10.6 Å². The molecule has 1 saturated heterocycles. The maximum absolute atomic E-state index is 11.7. The monoisotopic (exact) mass is 448 g/mol. The van der Waals surface area contributed by atoms with Crippen LogP contribution in [0.2, 0.25) is 0 Å². The van der Waals surface area contributed by atoms with E-state index in [-0.39, 0.29) is 10.9 Å². The Bertz CT molecular complexity index is 929. The van der Waals surface area contributed by atoms with E-state index in [9.17, 15) is 14.7 Å². The van der Waals surface area contributed by atoms with Gasteiger partial charge in [-0.25, -0.2) is 4.79 Å². The van der Waals surface area contributed by atoms with Crippen molar-refractivity contribution in [3.63, 3.8) is 0 Å². The lowest BCUT2D eigenvalue weighted by Gasteiger charge is -2.49. The maximum atomic E-state index is 11.7. The van der Waals surface area contributed by atoms with Gasteiger partial charge in [0.25, 0.3) is 0 Å². The Balaban J connectivity index is 2.09. The molecule has 1 aliphatic carbocycles. The van der Waals surface area contributed by atoms with Gasteiger partial charge in [-0.1, -0.05) is 42.9 Å². The zero-order chi connectivity index (χ0) is 21.9. The van der Waals surface area contributed by atoms with Crippen molar-refractivity contribution in [2.45, 2.75) is 36.8 Å². The number of benzene rings is 1. The number of carbonyl (C=O) groups excluding carboxylic acids is 2. The highest BCUT2D eigenvalue weighted by Gasteiger charge is 2.55. The first kappa shape index (κ1) is 22.4. The lowest BCUT2D eigenvalue weighted by atomic mass is 9.82. The van der Waals surface area contributed by atoms with Crippen molar-refractivity contribution in [1.82, 2.24) is 10.2 Å². The number of primary amides is 1. The number of aliphatic hydroxyl groups is 1. The summed E-state index contributed by atoms with van der Waals surface area (Å²) in [6.45, 7) is 2.70. The molecule has 7 nitrogen and oxygen atoms in total. The van der Waals surface area contributed by atoms with Crippen LogP contribution in [0.5, 0.6) is 0 Å². The van der Waals surface area contributed by atoms with Gasteiger partial charge in [0.1, 0.15) is 4.99 Å². The Morgan fingerprint density at radius 2 is 1.90 bits per heavy atom. The first-order valence-electron chi connectivity index (χ1n) is 9.74. The average molecular weight is 449 g/mol. The van der Waals surface area contributed by atoms with Gasteiger partial charge in [0.2, 0.25) is 5.91 Å². The van der Waals surface area contributed by atoms with E-state index in [1.165, 1.54) is 6.92 Å². The van der Waals surface area contributed by atoms with E-state index in [4.69, 9.17) is 29.6 Å². The number of amides is 3. The smallest absolute Gasteiger partial charge is 0.317 e. The first-order valence-corrected chi connectivity index (χ1v) is 10.5. The van der Waals surface area contributed by atoms with Crippen LogP contribution in [0.15, 0.2) is 42.5 Å². The second-order valence-electron chi connectivity index (χ2n) is 7.46. The molecule has 1 heterocycles. The van der Waals surface area contributed by atoms with E-state index in [1.807, 2.05) is 17.0 Å². The lowest BCUT2D eigenvalue weighted by Crippen LogP contribution is -2.67. The van der Waals surface area contributed by atoms with Crippen LogP contribution in [0, 0.1) is 0 Å². The molecule has 3 amide bonds. The molecule has 0 radical (unpaired) electrons. The highest BCUT2D eigenvalue weighted by molar-refractivity contribution is 7.80. The molecule has 0 bridgehead atoms. The second-order valence-corrected chi connectivity index (χ2v) is 8.47. The van der Waals surface area contributed by atoms with Crippen molar-refractivity contribution in [1.29, 1.82) is 0 Å². The largest absolute Gasteiger partial charge is 0.369 e. The minimum atomic E-state index is -1.65. The van der Waals surface area contributed by atoms with Gasteiger partial charge >= 0.3 is 6.03 Å². The van der Waals surface area contributed by atoms with E-state index >= 15 is 0 Å². The second kappa shape index (κ2) is 8.85. The molecule has 0 saturated carbocycles. The molecular weight excluding hydrogens is 424 g/mol. The number of nitrogens with zero attached hydrogens (tertiary/aromatic N) is 1. The van der Waals surface area contributed by atoms with Crippen LogP contribution in [0.1, 0.15) is 31.7 Å². The Morgan fingerprint density at radius 1 is 1.23 bits per heavy atom. The lowest BCUT2D eigenvalue weighted by molar-refractivity contribution is -0.114. The minimum Gasteiger partial charge on any atom is -0.369 e. The number of nitrogens with one attached hydrogen (secondary N) is 2.